The second kappa shape index (κ2) is 4.56. The van der Waals surface area contributed by atoms with E-state index in [-0.39, 0.29) is 6.42 Å². The molecule has 0 bridgehead atoms. The summed E-state index contributed by atoms with van der Waals surface area (Å²) in [5.41, 5.74) is -0.748. The summed E-state index contributed by atoms with van der Waals surface area (Å²) in [5.74, 6) is -1.36. The molecule has 0 radical (unpaired) electrons. The lowest BCUT2D eigenvalue weighted by molar-refractivity contribution is -0.157. The van der Waals surface area contributed by atoms with E-state index in [0.29, 0.717) is 11.3 Å². The van der Waals surface area contributed by atoms with Crippen molar-refractivity contribution in [3.05, 3.63) is 29.8 Å². The van der Waals surface area contributed by atoms with Gasteiger partial charge in [0, 0.05) is 17.7 Å². The minimum atomic E-state index is -1.34. The van der Waals surface area contributed by atoms with Crippen molar-refractivity contribution in [1.82, 2.24) is 5.32 Å². The van der Waals surface area contributed by atoms with Gasteiger partial charge in [0.25, 0.3) is 0 Å². The van der Waals surface area contributed by atoms with E-state index < -0.39 is 34.8 Å². The molecule has 1 aromatic carbocycles. The first-order valence-electron chi connectivity index (χ1n) is 7.19. The van der Waals surface area contributed by atoms with Crippen molar-refractivity contribution in [2.75, 3.05) is 5.32 Å². The van der Waals surface area contributed by atoms with Gasteiger partial charge in [-0.3, -0.25) is 9.59 Å². The van der Waals surface area contributed by atoms with E-state index in [2.05, 4.69) is 10.6 Å². The predicted molar refractivity (Wildman–Crippen MR) is 79.1 cm³/mol. The van der Waals surface area contributed by atoms with E-state index in [1.165, 1.54) is 0 Å². The standard InChI is InChI=1S/C16H18N2O4/c1-15(2,3)22-12(19)11-8-16(14(21)18-11)9-6-4-5-7-10(9)17-13(16)20/h4-7,11H,8H2,1-3H3,(H,17,20)(H,18,21). The molecule has 1 saturated heterocycles. The van der Waals surface area contributed by atoms with Crippen LogP contribution in [0.2, 0.25) is 0 Å². The Morgan fingerprint density at radius 1 is 1.23 bits per heavy atom. The van der Waals surface area contributed by atoms with Crippen LogP contribution in [0, 0.1) is 0 Å². The molecule has 2 atom stereocenters. The molecule has 116 valence electrons. The third kappa shape index (κ3) is 2.06. The second-order valence-electron chi connectivity index (χ2n) is 6.67. The molecule has 2 aliphatic heterocycles. The molecule has 2 heterocycles. The summed E-state index contributed by atoms with van der Waals surface area (Å²) in [4.78, 5) is 37.1. The molecule has 6 heteroatoms. The minimum Gasteiger partial charge on any atom is -0.458 e. The summed E-state index contributed by atoms with van der Waals surface area (Å²) in [7, 11) is 0. The van der Waals surface area contributed by atoms with Gasteiger partial charge in [0.2, 0.25) is 11.8 Å². The van der Waals surface area contributed by atoms with Crippen molar-refractivity contribution in [3.8, 4) is 0 Å². The number of para-hydroxylation sites is 1. The lowest BCUT2D eigenvalue weighted by atomic mass is 9.79. The number of hydrogen-bond acceptors (Lipinski definition) is 4. The Balaban J connectivity index is 1.93. The first-order valence-corrected chi connectivity index (χ1v) is 7.19. The van der Waals surface area contributed by atoms with Gasteiger partial charge in [-0.05, 0) is 26.8 Å². The molecular weight excluding hydrogens is 284 g/mol. The van der Waals surface area contributed by atoms with Gasteiger partial charge in [0.1, 0.15) is 11.6 Å². The van der Waals surface area contributed by atoms with Gasteiger partial charge < -0.3 is 15.4 Å². The number of carbonyl (C=O) groups excluding carboxylic acids is 3. The van der Waals surface area contributed by atoms with E-state index in [4.69, 9.17) is 4.74 Å². The zero-order valence-electron chi connectivity index (χ0n) is 12.7. The molecule has 2 aliphatic rings. The average molecular weight is 302 g/mol. The van der Waals surface area contributed by atoms with Gasteiger partial charge in [-0.2, -0.15) is 0 Å². The SMILES string of the molecule is CC(C)(C)OC(=O)C1CC2(C(=O)Nc3ccccc32)C(=O)N1. The molecule has 0 saturated carbocycles. The molecule has 22 heavy (non-hydrogen) atoms. The number of ether oxygens (including phenoxy) is 1. The Bertz CT molecular complexity index is 677. The molecule has 1 aromatic rings. The van der Waals surface area contributed by atoms with Crippen molar-refractivity contribution >= 4 is 23.5 Å². The molecule has 2 unspecified atom stereocenters. The van der Waals surface area contributed by atoms with Crippen molar-refractivity contribution in [2.45, 2.75) is 44.2 Å². The van der Waals surface area contributed by atoms with Crippen molar-refractivity contribution < 1.29 is 19.1 Å². The minimum absolute atomic E-state index is 0.0730. The summed E-state index contributed by atoms with van der Waals surface area (Å²) in [5, 5.41) is 5.32. The first kappa shape index (κ1) is 14.6. The van der Waals surface area contributed by atoms with Crippen LogP contribution in [-0.4, -0.2) is 29.4 Å². The van der Waals surface area contributed by atoms with Crippen LogP contribution >= 0.6 is 0 Å². The molecule has 2 N–H and O–H groups in total. The highest BCUT2D eigenvalue weighted by molar-refractivity contribution is 6.22. The first-order chi connectivity index (χ1) is 10.2. The monoisotopic (exact) mass is 302 g/mol. The fourth-order valence-electron chi connectivity index (χ4n) is 2.99. The number of amides is 2. The van der Waals surface area contributed by atoms with Crippen molar-refractivity contribution in [1.29, 1.82) is 0 Å². The van der Waals surface area contributed by atoms with Crippen LogP contribution in [0.15, 0.2) is 24.3 Å². The summed E-state index contributed by atoms with van der Waals surface area (Å²) in [6.07, 6.45) is 0.0730. The van der Waals surface area contributed by atoms with E-state index in [1.807, 2.05) is 0 Å². The molecule has 1 spiro atoms. The highest BCUT2D eigenvalue weighted by atomic mass is 16.6. The van der Waals surface area contributed by atoms with Crippen molar-refractivity contribution in [3.63, 3.8) is 0 Å². The van der Waals surface area contributed by atoms with E-state index >= 15 is 0 Å². The van der Waals surface area contributed by atoms with Gasteiger partial charge in [0.15, 0.2) is 5.41 Å². The lowest BCUT2D eigenvalue weighted by Gasteiger charge is -2.22. The maximum absolute atomic E-state index is 12.5. The molecule has 6 nitrogen and oxygen atoms in total. The average Bonchev–Trinajstić information content (AvgIpc) is 2.89. The van der Waals surface area contributed by atoms with E-state index in [1.54, 1.807) is 45.0 Å². The fourth-order valence-corrected chi connectivity index (χ4v) is 2.99. The Hall–Kier alpha value is -2.37. The largest absolute Gasteiger partial charge is 0.458 e. The van der Waals surface area contributed by atoms with Gasteiger partial charge >= 0.3 is 5.97 Å². The maximum atomic E-state index is 12.5. The summed E-state index contributed by atoms with van der Waals surface area (Å²) < 4.78 is 5.31. The van der Waals surface area contributed by atoms with Crippen LogP contribution in [0.1, 0.15) is 32.8 Å². The highest BCUT2D eigenvalue weighted by Crippen LogP contribution is 2.44. The molecule has 0 aliphatic carbocycles. The number of benzene rings is 1. The number of anilines is 1. The smallest absolute Gasteiger partial charge is 0.329 e. The molecular formula is C16H18N2O4. The Morgan fingerprint density at radius 3 is 2.59 bits per heavy atom. The number of nitrogens with one attached hydrogen (secondary N) is 2. The van der Waals surface area contributed by atoms with Crippen LogP contribution < -0.4 is 10.6 Å². The topological polar surface area (TPSA) is 84.5 Å². The quantitative estimate of drug-likeness (QED) is 0.601. The fraction of sp³-hybridized carbons (Fsp3) is 0.438. The number of fused-ring (bicyclic) bond motifs is 2. The highest BCUT2D eigenvalue weighted by Gasteiger charge is 2.59. The predicted octanol–water partition coefficient (Wildman–Crippen LogP) is 1.11. The van der Waals surface area contributed by atoms with Crippen LogP contribution in [0.25, 0.3) is 0 Å². The van der Waals surface area contributed by atoms with E-state index in [9.17, 15) is 14.4 Å². The van der Waals surface area contributed by atoms with Crippen molar-refractivity contribution in [2.24, 2.45) is 0 Å². The number of esters is 1. The summed E-state index contributed by atoms with van der Waals surface area (Å²) >= 11 is 0. The van der Waals surface area contributed by atoms with Crippen LogP contribution in [0.4, 0.5) is 5.69 Å². The normalized spacial score (nSPS) is 26.6. The van der Waals surface area contributed by atoms with Crippen LogP contribution in [0.5, 0.6) is 0 Å². The second-order valence-corrected chi connectivity index (χ2v) is 6.67. The third-order valence-electron chi connectivity index (χ3n) is 3.92. The molecule has 2 amide bonds. The maximum Gasteiger partial charge on any atom is 0.329 e. The molecule has 0 aromatic heterocycles. The summed E-state index contributed by atoms with van der Waals surface area (Å²) in [6.45, 7) is 5.28. The number of carbonyl (C=O) groups is 3. The molecule has 1 fully saturated rings. The van der Waals surface area contributed by atoms with Gasteiger partial charge in [0.05, 0.1) is 0 Å². The van der Waals surface area contributed by atoms with Crippen LogP contribution in [0.3, 0.4) is 0 Å². The number of rotatable bonds is 1. The lowest BCUT2D eigenvalue weighted by Crippen LogP contribution is -2.42. The Kier molecular flexibility index (Phi) is 3.02. The third-order valence-corrected chi connectivity index (χ3v) is 3.92. The molecule has 3 rings (SSSR count). The Labute approximate surface area is 128 Å². The van der Waals surface area contributed by atoms with Gasteiger partial charge in [-0.25, -0.2) is 4.79 Å². The zero-order chi connectivity index (χ0) is 16.1. The van der Waals surface area contributed by atoms with Gasteiger partial charge in [-0.15, -0.1) is 0 Å². The Morgan fingerprint density at radius 2 is 1.91 bits per heavy atom. The van der Waals surface area contributed by atoms with Gasteiger partial charge in [-0.1, -0.05) is 18.2 Å². The van der Waals surface area contributed by atoms with Crippen LogP contribution in [-0.2, 0) is 24.5 Å². The zero-order valence-corrected chi connectivity index (χ0v) is 12.7. The number of hydrogen-bond donors (Lipinski definition) is 2. The van der Waals surface area contributed by atoms with E-state index in [0.717, 1.165) is 0 Å². The summed E-state index contributed by atoms with van der Waals surface area (Å²) in [6, 6.07) is 6.23.